The molecule has 11 heavy (non-hydrogen) atoms. The van der Waals surface area contributed by atoms with Gasteiger partial charge in [0, 0.05) is 11.8 Å². The first-order valence-electron chi connectivity index (χ1n) is 4.57. The van der Waals surface area contributed by atoms with Crippen molar-refractivity contribution in [3.63, 3.8) is 0 Å². The highest BCUT2D eigenvalue weighted by molar-refractivity contribution is 5.09. The maximum atomic E-state index is 13.3. The van der Waals surface area contributed by atoms with Crippen LogP contribution in [0.1, 0.15) is 25.7 Å². The molecule has 0 aromatic heterocycles. The Labute approximate surface area is 65.0 Å². The van der Waals surface area contributed by atoms with Crippen molar-refractivity contribution in [1.82, 2.24) is 0 Å². The minimum absolute atomic E-state index is 0.193. The van der Waals surface area contributed by atoms with Gasteiger partial charge in [0.15, 0.2) is 0 Å². The molecule has 0 amide bonds. The quantitative estimate of drug-likeness (QED) is 0.508. The molecule has 0 saturated heterocycles. The fourth-order valence-electron chi connectivity index (χ4n) is 3.56. The Bertz CT molecular complexity index is 193. The third-order valence-corrected chi connectivity index (χ3v) is 4.08. The van der Waals surface area contributed by atoms with E-state index in [0.29, 0.717) is 11.8 Å². The van der Waals surface area contributed by atoms with E-state index in [0.717, 1.165) is 25.7 Å². The maximum absolute atomic E-state index is 13.3. The zero-order valence-electron chi connectivity index (χ0n) is 6.39. The predicted octanol–water partition coefficient (Wildman–Crippen LogP) is 2.69. The molecule has 3 fully saturated rings. The molecule has 0 aromatic carbocycles. The highest BCUT2D eigenvalue weighted by Gasteiger charge is 2.66. The Kier molecular flexibility index (Phi) is 0.940. The van der Waals surface area contributed by atoms with Crippen LogP contribution in [0.4, 0.5) is 8.78 Å². The van der Waals surface area contributed by atoms with Gasteiger partial charge in [0.2, 0.25) is 0 Å². The van der Waals surface area contributed by atoms with E-state index in [2.05, 4.69) is 0 Å². The van der Waals surface area contributed by atoms with Crippen molar-refractivity contribution in [3.8, 4) is 0 Å². The van der Waals surface area contributed by atoms with Gasteiger partial charge in [0.05, 0.1) is 0 Å². The molecule has 3 aliphatic rings. The van der Waals surface area contributed by atoms with Crippen molar-refractivity contribution < 1.29 is 8.78 Å². The summed E-state index contributed by atoms with van der Waals surface area (Å²) < 4.78 is 26.7. The van der Waals surface area contributed by atoms with Crippen LogP contribution in [0.15, 0.2) is 0 Å². The molecule has 0 radical (unpaired) electrons. The maximum Gasteiger partial charge on any atom is 0.254 e. The summed E-state index contributed by atoms with van der Waals surface area (Å²) in [5.41, 5.74) is 0. The second-order valence-electron chi connectivity index (χ2n) is 4.47. The van der Waals surface area contributed by atoms with Crippen molar-refractivity contribution in [3.05, 3.63) is 0 Å². The number of hydrogen-bond donors (Lipinski definition) is 0. The molecular weight excluding hydrogens is 146 g/mol. The lowest BCUT2D eigenvalue weighted by molar-refractivity contribution is -0.154. The first kappa shape index (κ1) is 6.38. The van der Waals surface area contributed by atoms with E-state index in [9.17, 15) is 8.78 Å². The fourth-order valence-corrected chi connectivity index (χ4v) is 3.56. The van der Waals surface area contributed by atoms with Crippen LogP contribution in [-0.4, -0.2) is 5.92 Å². The molecule has 0 heterocycles. The monoisotopic (exact) mass is 158 g/mol. The topological polar surface area (TPSA) is 0 Å². The van der Waals surface area contributed by atoms with E-state index in [1.165, 1.54) is 0 Å². The summed E-state index contributed by atoms with van der Waals surface area (Å²) in [6.45, 7) is 0. The number of rotatable bonds is 0. The molecule has 0 aliphatic heterocycles. The van der Waals surface area contributed by atoms with Crippen LogP contribution in [0.3, 0.4) is 0 Å². The van der Waals surface area contributed by atoms with Gasteiger partial charge in [-0.25, -0.2) is 8.78 Å². The summed E-state index contributed by atoms with van der Waals surface area (Å²) in [5.74, 6) is -1.90. The minimum Gasteiger partial charge on any atom is -0.206 e. The van der Waals surface area contributed by atoms with Crippen molar-refractivity contribution in [2.75, 3.05) is 0 Å². The van der Waals surface area contributed by atoms with E-state index in [1.54, 1.807) is 0 Å². The van der Waals surface area contributed by atoms with Crippen LogP contribution in [0.25, 0.3) is 0 Å². The van der Waals surface area contributed by atoms with E-state index in [-0.39, 0.29) is 11.8 Å². The lowest BCUT2D eigenvalue weighted by Gasteiger charge is -2.45. The Hall–Kier alpha value is -0.140. The molecule has 0 nitrogen and oxygen atoms in total. The fraction of sp³-hybridized carbons (Fsp3) is 1.00. The molecule has 3 rings (SSSR count). The lowest BCUT2D eigenvalue weighted by atomic mass is 9.62. The Balaban J connectivity index is 2.01. The molecule has 2 bridgehead atoms. The van der Waals surface area contributed by atoms with Crippen LogP contribution in [-0.2, 0) is 0 Å². The summed E-state index contributed by atoms with van der Waals surface area (Å²) in [5, 5.41) is 0. The second-order valence-corrected chi connectivity index (χ2v) is 4.47. The summed E-state index contributed by atoms with van der Waals surface area (Å²) in [7, 11) is 0. The number of alkyl halides is 2. The zero-order chi connectivity index (χ0) is 7.64. The molecule has 0 N–H and O–H groups in total. The molecule has 0 spiro atoms. The van der Waals surface area contributed by atoms with Gasteiger partial charge in [-0.1, -0.05) is 0 Å². The largest absolute Gasteiger partial charge is 0.254 e. The lowest BCUT2D eigenvalue weighted by Crippen LogP contribution is -2.46. The average molecular weight is 158 g/mol. The van der Waals surface area contributed by atoms with Crippen molar-refractivity contribution in [2.45, 2.75) is 31.6 Å². The van der Waals surface area contributed by atoms with Crippen LogP contribution < -0.4 is 0 Å². The van der Waals surface area contributed by atoms with E-state index >= 15 is 0 Å². The van der Waals surface area contributed by atoms with Gasteiger partial charge in [-0.3, -0.25) is 0 Å². The molecule has 62 valence electrons. The number of fused-ring (bicyclic) bond motifs is 1. The number of halogens is 2. The number of hydrogen-bond acceptors (Lipinski definition) is 0. The Morgan fingerprint density at radius 1 is 1.00 bits per heavy atom. The van der Waals surface area contributed by atoms with Gasteiger partial charge >= 0.3 is 0 Å². The minimum atomic E-state index is -2.27. The standard InChI is InChI=1S/C9H12F2/c10-9(11)7-2-1-5-3-6(4-7)8(5)9/h5-8H,1-4H2/t5-,6+,7-,8+/m0/s1. The molecule has 2 heteroatoms. The van der Waals surface area contributed by atoms with Crippen LogP contribution in [0, 0.1) is 23.7 Å². The van der Waals surface area contributed by atoms with E-state index < -0.39 is 5.92 Å². The van der Waals surface area contributed by atoms with Crippen molar-refractivity contribution in [1.29, 1.82) is 0 Å². The highest BCUT2D eigenvalue weighted by atomic mass is 19.3. The van der Waals surface area contributed by atoms with E-state index in [4.69, 9.17) is 0 Å². The second kappa shape index (κ2) is 1.62. The van der Waals surface area contributed by atoms with E-state index in [1.807, 2.05) is 0 Å². The third kappa shape index (κ3) is 0.564. The normalized spacial score (nSPS) is 57.3. The molecule has 0 aromatic rings. The van der Waals surface area contributed by atoms with Crippen LogP contribution in [0.2, 0.25) is 0 Å². The van der Waals surface area contributed by atoms with Gasteiger partial charge < -0.3 is 0 Å². The van der Waals surface area contributed by atoms with Gasteiger partial charge in [-0.15, -0.1) is 0 Å². The van der Waals surface area contributed by atoms with Gasteiger partial charge in [0.1, 0.15) is 0 Å². The Morgan fingerprint density at radius 2 is 1.82 bits per heavy atom. The summed E-state index contributed by atoms with van der Waals surface area (Å²) in [6.07, 6.45) is 3.82. The van der Waals surface area contributed by atoms with Gasteiger partial charge in [-0.05, 0) is 37.5 Å². The molecule has 3 saturated carbocycles. The summed E-state index contributed by atoms with van der Waals surface area (Å²) >= 11 is 0. The van der Waals surface area contributed by atoms with Crippen molar-refractivity contribution >= 4 is 0 Å². The Morgan fingerprint density at radius 3 is 2.55 bits per heavy atom. The predicted molar refractivity (Wildman–Crippen MR) is 37.4 cm³/mol. The van der Waals surface area contributed by atoms with Gasteiger partial charge in [0.25, 0.3) is 5.92 Å². The van der Waals surface area contributed by atoms with Crippen molar-refractivity contribution in [2.24, 2.45) is 23.7 Å². The zero-order valence-corrected chi connectivity index (χ0v) is 6.39. The van der Waals surface area contributed by atoms with Crippen LogP contribution in [0.5, 0.6) is 0 Å². The first-order valence-corrected chi connectivity index (χ1v) is 4.57. The average Bonchev–Trinajstić information content (AvgIpc) is 2.06. The summed E-state index contributed by atoms with van der Waals surface area (Å²) in [4.78, 5) is 0. The molecule has 0 unspecified atom stereocenters. The van der Waals surface area contributed by atoms with Gasteiger partial charge in [-0.2, -0.15) is 0 Å². The van der Waals surface area contributed by atoms with Crippen LogP contribution >= 0.6 is 0 Å². The summed E-state index contributed by atoms with van der Waals surface area (Å²) in [6, 6.07) is 0. The third-order valence-electron chi connectivity index (χ3n) is 4.08. The smallest absolute Gasteiger partial charge is 0.206 e. The highest BCUT2D eigenvalue weighted by Crippen LogP contribution is 2.66. The first-order chi connectivity index (χ1) is 5.19. The molecule has 4 atom stereocenters. The molecular formula is C9H12F2. The SMILES string of the molecule is FC1(F)[C@H]2CC[C@H]3C[C@H](C2)[C@@H]31. The molecule has 3 aliphatic carbocycles.